The summed E-state index contributed by atoms with van der Waals surface area (Å²) in [6.45, 7) is 1.71. The minimum Gasteiger partial charge on any atom is -0.380 e. The topological polar surface area (TPSA) is 60.2 Å². The third-order valence-corrected chi connectivity index (χ3v) is 3.22. The Morgan fingerprint density at radius 2 is 2.19 bits per heavy atom. The van der Waals surface area contributed by atoms with E-state index in [4.69, 9.17) is 10.6 Å². The predicted octanol–water partition coefficient (Wildman–Crippen LogP) is 1.70. The molecule has 1 aromatic rings. The molecule has 1 heterocycles. The summed E-state index contributed by atoms with van der Waals surface area (Å²) in [6.07, 6.45) is -3.60. The highest BCUT2D eigenvalue weighted by Gasteiger charge is 2.35. The van der Waals surface area contributed by atoms with E-state index >= 15 is 0 Å². The number of nitrogens with zero attached hydrogens (tertiary/aromatic N) is 1. The van der Waals surface area contributed by atoms with Crippen LogP contribution in [0.25, 0.3) is 0 Å². The van der Waals surface area contributed by atoms with Gasteiger partial charge in [-0.2, -0.15) is 13.2 Å². The lowest BCUT2D eigenvalue weighted by molar-refractivity contribution is -0.137. The number of alkyl halides is 3. The van der Waals surface area contributed by atoms with Gasteiger partial charge in [-0.05, 0) is 6.92 Å². The Labute approximate surface area is 94.6 Å². The summed E-state index contributed by atoms with van der Waals surface area (Å²) >= 11 is 0.558. The van der Waals surface area contributed by atoms with Gasteiger partial charge in [0.1, 0.15) is 0 Å². The van der Waals surface area contributed by atoms with E-state index in [9.17, 15) is 13.2 Å². The van der Waals surface area contributed by atoms with Gasteiger partial charge in [-0.3, -0.25) is 5.84 Å². The SMILES string of the molecule is COC(C)C(NN)c1cnc(C(F)(F)F)s1. The quantitative estimate of drug-likeness (QED) is 0.635. The Balaban J connectivity index is 2.91. The molecule has 2 atom stereocenters. The normalized spacial score (nSPS) is 16.1. The molecular formula is C8H12F3N3OS. The first-order chi connectivity index (χ1) is 7.40. The Morgan fingerprint density at radius 1 is 1.56 bits per heavy atom. The molecule has 16 heavy (non-hydrogen) atoms. The van der Waals surface area contributed by atoms with Crippen LogP contribution in [0.1, 0.15) is 22.9 Å². The molecule has 8 heteroatoms. The summed E-state index contributed by atoms with van der Waals surface area (Å²) in [6, 6.07) is -0.501. The highest BCUT2D eigenvalue weighted by atomic mass is 32.1. The van der Waals surface area contributed by atoms with Crippen LogP contribution in [0.3, 0.4) is 0 Å². The van der Waals surface area contributed by atoms with Crippen molar-refractivity contribution in [2.24, 2.45) is 5.84 Å². The Hall–Kier alpha value is -0.700. The standard InChI is InChI=1S/C8H12F3N3OS/c1-4(15-2)6(14-12)5-3-13-7(16-5)8(9,10)11/h3-4,6,14H,12H2,1-2H3. The van der Waals surface area contributed by atoms with Crippen LogP contribution < -0.4 is 11.3 Å². The van der Waals surface area contributed by atoms with Crippen molar-refractivity contribution in [2.45, 2.75) is 25.2 Å². The van der Waals surface area contributed by atoms with Gasteiger partial charge in [0.05, 0.1) is 12.1 Å². The van der Waals surface area contributed by atoms with Crippen molar-refractivity contribution in [2.75, 3.05) is 7.11 Å². The van der Waals surface area contributed by atoms with Crippen molar-refractivity contribution < 1.29 is 17.9 Å². The van der Waals surface area contributed by atoms with Crippen LogP contribution in [-0.2, 0) is 10.9 Å². The zero-order valence-electron chi connectivity index (χ0n) is 8.71. The predicted molar refractivity (Wildman–Crippen MR) is 53.7 cm³/mol. The van der Waals surface area contributed by atoms with Gasteiger partial charge in [-0.15, -0.1) is 11.3 Å². The summed E-state index contributed by atoms with van der Waals surface area (Å²) in [5, 5.41) is -0.883. The molecule has 0 aliphatic rings. The number of hydrazine groups is 1. The molecule has 0 fully saturated rings. The van der Waals surface area contributed by atoms with E-state index in [0.29, 0.717) is 16.2 Å². The van der Waals surface area contributed by atoms with Crippen molar-refractivity contribution >= 4 is 11.3 Å². The summed E-state index contributed by atoms with van der Waals surface area (Å²) in [4.78, 5) is 3.71. The molecule has 0 amide bonds. The van der Waals surface area contributed by atoms with Gasteiger partial charge in [0, 0.05) is 18.2 Å². The molecule has 1 aromatic heterocycles. The van der Waals surface area contributed by atoms with Gasteiger partial charge in [0.15, 0.2) is 5.01 Å². The second-order valence-corrected chi connectivity index (χ2v) is 4.21. The number of hydrogen-bond acceptors (Lipinski definition) is 5. The molecule has 0 spiro atoms. The maximum atomic E-state index is 12.3. The average molecular weight is 255 g/mol. The third-order valence-electron chi connectivity index (χ3n) is 2.09. The van der Waals surface area contributed by atoms with Crippen LogP contribution in [0.5, 0.6) is 0 Å². The second kappa shape index (κ2) is 5.09. The van der Waals surface area contributed by atoms with E-state index < -0.39 is 17.2 Å². The van der Waals surface area contributed by atoms with Gasteiger partial charge >= 0.3 is 6.18 Å². The fourth-order valence-electron chi connectivity index (χ4n) is 1.15. The molecule has 2 unspecified atom stereocenters. The Morgan fingerprint density at radius 3 is 2.56 bits per heavy atom. The maximum Gasteiger partial charge on any atom is 0.443 e. The molecular weight excluding hydrogens is 243 g/mol. The summed E-state index contributed by atoms with van der Waals surface area (Å²) in [5.41, 5.74) is 2.41. The highest BCUT2D eigenvalue weighted by Crippen LogP contribution is 2.35. The number of methoxy groups -OCH3 is 1. The van der Waals surface area contributed by atoms with Gasteiger partial charge in [0.2, 0.25) is 0 Å². The van der Waals surface area contributed by atoms with Gasteiger partial charge < -0.3 is 4.74 Å². The van der Waals surface area contributed by atoms with E-state index in [2.05, 4.69) is 10.4 Å². The monoisotopic (exact) mass is 255 g/mol. The molecule has 4 nitrogen and oxygen atoms in total. The van der Waals surface area contributed by atoms with Crippen molar-refractivity contribution in [3.63, 3.8) is 0 Å². The van der Waals surface area contributed by atoms with Crippen molar-refractivity contribution in [1.29, 1.82) is 0 Å². The number of rotatable bonds is 4. The molecule has 0 saturated carbocycles. The van der Waals surface area contributed by atoms with Gasteiger partial charge in [-0.1, -0.05) is 0 Å². The Bertz CT molecular complexity index is 342. The largest absolute Gasteiger partial charge is 0.443 e. The molecule has 92 valence electrons. The third kappa shape index (κ3) is 2.91. The zero-order valence-corrected chi connectivity index (χ0v) is 9.52. The van der Waals surface area contributed by atoms with E-state index in [-0.39, 0.29) is 6.10 Å². The van der Waals surface area contributed by atoms with Crippen molar-refractivity contribution in [3.05, 3.63) is 16.1 Å². The number of thiazole rings is 1. The van der Waals surface area contributed by atoms with Crippen LogP contribution in [-0.4, -0.2) is 18.2 Å². The number of nitrogens with two attached hydrogens (primary N) is 1. The molecule has 0 aliphatic carbocycles. The zero-order chi connectivity index (χ0) is 12.3. The Kier molecular flexibility index (Phi) is 4.25. The van der Waals surface area contributed by atoms with Crippen LogP contribution in [0.2, 0.25) is 0 Å². The molecule has 0 radical (unpaired) electrons. The number of aromatic nitrogens is 1. The smallest absolute Gasteiger partial charge is 0.380 e. The average Bonchev–Trinajstić information content (AvgIpc) is 2.67. The molecule has 0 aliphatic heterocycles. The van der Waals surface area contributed by atoms with E-state index in [0.717, 1.165) is 6.20 Å². The van der Waals surface area contributed by atoms with E-state index in [1.54, 1.807) is 6.92 Å². The summed E-state index contributed by atoms with van der Waals surface area (Å²) in [7, 11) is 1.46. The fraction of sp³-hybridized carbons (Fsp3) is 0.625. The molecule has 0 aromatic carbocycles. The maximum absolute atomic E-state index is 12.3. The molecule has 0 saturated heterocycles. The van der Waals surface area contributed by atoms with Crippen LogP contribution in [0, 0.1) is 0 Å². The number of hydrogen-bond donors (Lipinski definition) is 2. The van der Waals surface area contributed by atoms with Crippen molar-refractivity contribution in [3.8, 4) is 0 Å². The molecule has 1 rings (SSSR count). The lowest BCUT2D eigenvalue weighted by atomic mass is 10.2. The highest BCUT2D eigenvalue weighted by molar-refractivity contribution is 7.11. The summed E-state index contributed by atoms with van der Waals surface area (Å²) in [5.74, 6) is 5.27. The van der Waals surface area contributed by atoms with Gasteiger partial charge in [0.25, 0.3) is 0 Å². The van der Waals surface area contributed by atoms with E-state index in [1.807, 2.05) is 0 Å². The lowest BCUT2D eigenvalue weighted by Crippen LogP contribution is -2.35. The van der Waals surface area contributed by atoms with E-state index in [1.165, 1.54) is 7.11 Å². The van der Waals surface area contributed by atoms with Crippen LogP contribution >= 0.6 is 11.3 Å². The minimum atomic E-state index is -4.42. The first kappa shape index (κ1) is 13.4. The van der Waals surface area contributed by atoms with Crippen LogP contribution in [0.4, 0.5) is 13.2 Å². The first-order valence-corrected chi connectivity index (χ1v) is 5.23. The second-order valence-electron chi connectivity index (χ2n) is 3.15. The fourth-order valence-corrected chi connectivity index (χ4v) is 2.08. The molecule has 3 N–H and O–H groups in total. The number of nitrogens with one attached hydrogen (secondary N) is 1. The first-order valence-electron chi connectivity index (χ1n) is 4.42. The van der Waals surface area contributed by atoms with Crippen molar-refractivity contribution in [1.82, 2.24) is 10.4 Å². The number of ether oxygens (including phenoxy) is 1. The van der Waals surface area contributed by atoms with Crippen LogP contribution in [0.15, 0.2) is 6.20 Å². The summed E-state index contributed by atoms with van der Waals surface area (Å²) < 4.78 is 42.0. The minimum absolute atomic E-state index is 0.341. The van der Waals surface area contributed by atoms with Gasteiger partial charge in [-0.25, -0.2) is 10.4 Å². The number of halogens is 3. The molecule has 0 bridgehead atoms. The lowest BCUT2D eigenvalue weighted by Gasteiger charge is -2.20.